The van der Waals surface area contributed by atoms with E-state index in [1.165, 1.54) is 0 Å². The van der Waals surface area contributed by atoms with Gasteiger partial charge in [-0.25, -0.2) is 0 Å². The molecule has 0 fully saturated rings. The third kappa shape index (κ3) is 5.17. The molecule has 3 aromatic rings. The first kappa shape index (κ1) is 18.6. The van der Waals surface area contributed by atoms with E-state index in [-0.39, 0.29) is 18.0 Å². The molecule has 1 heterocycles. The van der Waals surface area contributed by atoms with Crippen molar-refractivity contribution in [1.82, 2.24) is 20.4 Å². The Hall–Kier alpha value is -3.15. The van der Waals surface area contributed by atoms with E-state index in [1.807, 2.05) is 75.4 Å². The molecule has 0 saturated carbocycles. The second kappa shape index (κ2) is 8.03. The fraction of sp³-hybridized carbons (Fsp3) is 0.286. The summed E-state index contributed by atoms with van der Waals surface area (Å²) < 4.78 is 5.42. The molecule has 0 aliphatic rings. The molecule has 138 valence electrons. The predicted molar refractivity (Wildman–Crippen MR) is 102 cm³/mol. The molecule has 0 radical (unpaired) electrons. The number of hydrogen-bond acceptors (Lipinski definition) is 6. The standard InChI is InChI=1S/C21H22N4O2/c1-21(2,3)13-18(26)27-14-16-11-7-8-12-17(16)20-24-22-19(23-25-20)15-9-5-4-6-10-15/h4-12H,13-14H2,1-3H3. The van der Waals surface area contributed by atoms with E-state index in [2.05, 4.69) is 20.4 Å². The third-order valence-electron chi connectivity index (χ3n) is 3.83. The van der Waals surface area contributed by atoms with Crippen LogP contribution in [-0.2, 0) is 16.1 Å². The van der Waals surface area contributed by atoms with Gasteiger partial charge in [0.25, 0.3) is 0 Å². The highest BCUT2D eigenvalue weighted by molar-refractivity contribution is 5.70. The summed E-state index contributed by atoms with van der Waals surface area (Å²) in [7, 11) is 0. The highest BCUT2D eigenvalue weighted by atomic mass is 16.5. The second-order valence-corrected chi connectivity index (χ2v) is 7.47. The molecule has 2 aromatic carbocycles. The molecule has 0 unspecified atom stereocenters. The van der Waals surface area contributed by atoms with Crippen molar-refractivity contribution < 1.29 is 9.53 Å². The number of hydrogen-bond donors (Lipinski definition) is 0. The van der Waals surface area contributed by atoms with Gasteiger partial charge in [0.2, 0.25) is 11.6 Å². The van der Waals surface area contributed by atoms with E-state index < -0.39 is 0 Å². The number of nitrogens with zero attached hydrogens (tertiary/aromatic N) is 4. The van der Waals surface area contributed by atoms with E-state index >= 15 is 0 Å². The minimum Gasteiger partial charge on any atom is -0.461 e. The number of benzene rings is 2. The Balaban J connectivity index is 1.77. The number of aromatic nitrogens is 4. The summed E-state index contributed by atoms with van der Waals surface area (Å²) in [5.41, 5.74) is 2.31. The topological polar surface area (TPSA) is 77.9 Å². The highest BCUT2D eigenvalue weighted by Gasteiger charge is 2.18. The van der Waals surface area contributed by atoms with E-state index in [4.69, 9.17) is 4.74 Å². The minimum absolute atomic E-state index is 0.110. The van der Waals surface area contributed by atoms with E-state index in [1.54, 1.807) is 0 Å². The van der Waals surface area contributed by atoms with Gasteiger partial charge in [-0.05, 0) is 5.41 Å². The van der Waals surface area contributed by atoms with Crippen molar-refractivity contribution in [3.05, 3.63) is 60.2 Å². The van der Waals surface area contributed by atoms with Gasteiger partial charge in [0.1, 0.15) is 6.61 Å². The number of carbonyl (C=O) groups is 1. The Morgan fingerprint density at radius 2 is 1.44 bits per heavy atom. The highest BCUT2D eigenvalue weighted by Crippen LogP contribution is 2.23. The SMILES string of the molecule is CC(C)(C)CC(=O)OCc1ccccc1-c1nnc(-c2ccccc2)nn1. The summed E-state index contributed by atoms with van der Waals surface area (Å²) in [5.74, 6) is 0.638. The Morgan fingerprint density at radius 3 is 2.11 bits per heavy atom. The van der Waals surface area contributed by atoms with Crippen LogP contribution < -0.4 is 0 Å². The largest absolute Gasteiger partial charge is 0.461 e. The lowest BCUT2D eigenvalue weighted by molar-refractivity contribution is -0.147. The molecule has 27 heavy (non-hydrogen) atoms. The number of esters is 1. The maximum atomic E-state index is 12.0. The van der Waals surface area contributed by atoms with E-state index in [0.29, 0.717) is 18.1 Å². The van der Waals surface area contributed by atoms with Gasteiger partial charge in [-0.15, -0.1) is 20.4 Å². The summed E-state index contributed by atoms with van der Waals surface area (Å²) in [4.78, 5) is 12.0. The lowest BCUT2D eigenvalue weighted by Gasteiger charge is -2.17. The van der Waals surface area contributed by atoms with Gasteiger partial charge in [0.05, 0.1) is 6.42 Å². The average Bonchev–Trinajstić information content (AvgIpc) is 2.66. The van der Waals surface area contributed by atoms with Crippen molar-refractivity contribution in [2.45, 2.75) is 33.8 Å². The molecule has 0 spiro atoms. The molecule has 0 aliphatic carbocycles. The Kier molecular flexibility index (Phi) is 5.54. The Morgan fingerprint density at radius 1 is 0.852 bits per heavy atom. The van der Waals surface area contributed by atoms with Crippen LogP contribution in [0, 0.1) is 5.41 Å². The van der Waals surface area contributed by atoms with E-state index in [0.717, 1.165) is 16.7 Å². The fourth-order valence-corrected chi connectivity index (χ4v) is 2.55. The van der Waals surface area contributed by atoms with Crippen LogP contribution in [0.15, 0.2) is 54.6 Å². The molecule has 0 saturated heterocycles. The number of rotatable bonds is 5. The molecule has 1 aromatic heterocycles. The summed E-state index contributed by atoms with van der Waals surface area (Å²) in [6, 6.07) is 17.1. The molecule has 0 atom stereocenters. The van der Waals surface area contributed by atoms with Crippen LogP contribution >= 0.6 is 0 Å². The van der Waals surface area contributed by atoms with Crippen LogP contribution in [0.25, 0.3) is 22.8 Å². The maximum absolute atomic E-state index is 12.0. The van der Waals surface area contributed by atoms with Crippen LogP contribution in [0.2, 0.25) is 0 Å². The summed E-state index contributed by atoms with van der Waals surface area (Å²) in [6.45, 7) is 6.17. The molecule has 0 amide bonds. The first-order chi connectivity index (χ1) is 12.9. The fourth-order valence-electron chi connectivity index (χ4n) is 2.55. The molecule has 0 aliphatic heterocycles. The first-order valence-electron chi connectivity index (χ1n) is 8.79. The van der Waals surface area contributed by atoms with Gasteiger partial charge in [-0.1, -0.05) is 75.4 Å². The average molecular weight is 362 g/mol. The molecule has 0 N–H and O–H groups in total. The van der Waals surface area contributed by atoms with Crippen molar-refractivity contribution in [2.24, 2.45) is 5.41 Å². The van der Waals surface area contributed by atoms with Gasteiger partial charge in [-0.3, -0.25) is 4.79 Å². The second-order valence-electron chi connectivity index (χ2n) is 7.47. The normalized spacial score (nSPS) is 11.2. The van der Waals surface area contributed by atoms with Crippen molar-refractivity contribution in [3.8, 4) is 22.8 Å². The van der Waals surface area contributed by atoms with Gasteiger partial charge in [-0.2, -0.15) is 0 Å². The lowest BCUT2D eigenvalue weighted by atomic mass is 9.92. The summed E-state index contributed by atoms with van der Waals surface area (Å²) in [5, 5.41) is 16.8. The lowest BCUT2D eigenvalue weighted by Crippen LogP contribution is -2.15. The van der Waals surface area contributed by atoms with Crippen molar-refractivity contribution in [1.29, 1.82) is 0 Å². The maximum Gasteiger partial charge on any atom is 0.306 e. The summed E-state index contributed by atoms with van der Waals surface area (Å²) >= 11 is 0. The zero-order valence-corrected chi connectivity index (χ0v) is 15.7. The van der Waals surface area contributed by atoms with Gasteiger partial charge in [0, 0.05) is 16.7 Å². The minimum atomic E-state index is -0.228. The van der Waals surface area contributed by atoms with Gasteiger partial charge in [0.15, 0.2) is 0 Å². The quantitative estimate of drug-likeness (QED) is 0.637. The van der Waals surface area contributed by atoms with Crippen molar-refractivity contribution in [3.63, 3.8) is 0 Å². The van der Waals surface area contributed by atoms with Gasteiger partial charge < -0.3 is 4.74 Å². The predicted octanol–water partition coefficient (Wildman–Crippen LogP) is 4.08. The van der Waals surface area contributed by atoms with Crippen LogP contribution in [0.5, 0.6) is 0 Å². The zero-order valence-electron chi connectivity index (χ0n) is 15.7. The molecule has 6 nitrogen and oxygen atoms in total. The van der Waals surface area contributed by atoms with E-state index in [9.17, 15) is 4.79 Å². The molecule has 0 bridgehead atoms. The first-order valence-corrected chi connectivity index (χ1v) is 8.79. The number of carbonyl (C=O) groups excluding carboxylic acids is 1. The third-order valence-corrected chi connectivity index (χ3v) is 3.83. The molecule has 6 heteroatoms. The van der Waals surface area contributed by atoms with Crippen LogP contribution in [0.4, 0.5) is 0 Å². The molecule has 3 rings (SSSR count). The molecular formula is C21H22N4O2. The molecular weight excluding hydrogens is 340 g/mol. The van der Waals surface area contributed by atoms with Crippen molar-refractivity contribution in [2.75, 3.05) is 0 Å². The smallest absolute Gasteiger partial charge is 0.306 e. The Labute approximate surface area is 158 Å². The zero-order chi connectivity index (χ0) is 19.3. The summed E-state index contributed by atoms with van der Waals surface area (Å²) in [6.07, 6.45) is 0.362. The van der Waals surface area contributed by atoms with Crippen LogP contribution in [0.1, 0.15) is 32.8 Å². The Bertz CT molecular complexity index is 903. The monoisotopic (exact) mass is 362 g/mol. The van der Waals surface area contributed by atoms with Crippen LogP contribution in [-0.4, -0.2) is 26.4 Å². The van der Waals surface area contributed by atoms with Crippen LogP contribution in [0.3, 0.4) is 0 Å². The van der Waals surface area contributed by atoms with Gasteiger partial charge >= 0.3 is 5.97 Å². The number of ether oxygens (including phenoxy) is 1. The van der Waals surface area contributed by atoms with Crippen molar-refractivity contribution >= 4 is 5.97 Å².